The molecule has 5 nitrogen and oxygen atoms in total. The van der Waals surface area contributed by atoms with Crippen molar-refractivity contribution in [1.82, 2.24) is 15.1 Å². The van der Waals surface area contributed by atoms with Gasteiger partial charge in [-0.1, -0.05) is 0 Å². The summed E-state index contributed by atoms with van der Waals surface area (Å²) in [5.74, 6) is 0.164. The second-order valence-electron chi connectivity index (χ2n) is 4.48. The molecule has 0 radical (unpaired) electrons. The molecule has 5 heteroatoms. The Kier molecular flexibility index (Phi) is 3.43. The molecular formula is C11H19N3O2. The Hall–Kier alpha value is -1.10. The molecule has 0 saturated carbocycles. The fourth-order valence-corrected chi connectivity index (χ4v) is 2.39. The number of amides is 2. The smallest absolute Gasteiger partial charge is 0.242 e. The zero-order chi connectivity index (χ0) is 11.5. The molecule has 0 aromatic rings. The summed E-state index contributed by atoms with van der Waals surface area (Å²) in [5.41, 5.74) is 0. The topological polar surface area (TPSA) is 52.7 Å². The van der Waals surface area contributed by atoms with Gasteiger partial charge >= 0.3 is 0 Å². The molecule has 0 aromatic carbocycles. The van der Waals surface area contributed by atoms with Crippen molar-refractivity contribution in [2.75, 3.05) is 33.2 Å². The minimum Gasteiger partial charge on any atom is -0.341 e. The van der Waals surface area contributed by atoms with Crippen LogP contribution in [0.5, 0.6) is 0 Å². The molecule has 2 amide bonds. The van der Waals surface area contributed by atoms with Gasteiger partial charge in [-0.2, -0.15) is 0 Å². The molecule has 2 aliphatic rings. The molecule has 2 rings (SSSR count). The summed E-state index contributed by atoms with van der Waals surface area (Å²) < 4.78 is 0. The van der Waals surface area contributed by atoms with Crippen molar-refractivity contribution in [3.63, 3.8) is 0 Å². The maximum atomic E-state index is 11.9. The highest BCUT2D eigenvalue weighted by Gasteiger charge is 2.32. The first-order valence-electron chi connectivity index (χ1n) is 5.96. The second-order valence-corrected chi connectivity index (χ2v) is 4.48. The fraction of sp³-hybridized carbons (Fsp3) is 0.818. The number of likely N-dealkylation sites (tertiary alicyclic amines) is 2. The Balaban J connectivity index is 1.85. The van der Waals surface area contributed by atoms with Crippen molar-refractivity contribution in [3.05, 3.63) is 0 Å². The van der Waals surface area contributed by atoms with Crippen LogP contribution in [0.25, 0.3) is 0 Å². The Labute approximate surface area is 95.8 Å². The molecule has 2 aliphatic heterocycles. The van der Waals surface area contributed by atoms with Crippen LogP contribution >= 0.6 is 0 Å². The van der Waals surface area contributed by atoms with Crippen LogP contribution in [0, 0.1) is 0 Å². The van der Waals surface area contributed by atoms with E-state index in [1.807, 2.05) is 4.90 Å². The van der Waals surface area contributed by atoms with Gasteiger partial charge in [0.25, 0.3) is 0 Å². The molecule has 1 N–H and O–H groups in total. The summed E-state index contributed by atoms with van der Waals surface area (Å²) in [4.78, 5) is 27.2. The quantitative estimate of drug-likeness (QED) is 0.700. The van der Waals surface area contributed by atoms with Gasteiger partial charge < -0.3 is 15.1 Å². The fourth-order valence-electron chi connectivity index (χ4n) is 2.39. The summed E-state index contributed by atoms with van der Waals surface area (Å²) in [5, 5.41) is 2.97. The van der Waals surface area contributed by atoms with Crippen LogP contribution in [0.1, 0.15) is 19.3 Å². The summed E-state index contributed by atoms with van der Waals surface area (Å²) in [6, 6.07) is -0.0913. The van der Waals surface area contributed by atoms with Gasteiger partial charge in [-0.3, -0.25) is 9.59 Å². The summed E-state index contributed by atoms with van der Waals surface area (Å²) in [6.45, 7) is 2.67. The lowest BCUT2D eigenvalue weighted by molar-refractivity contribution is -0.138. The molecule has 2 saturated heterocycles. The van der Waals surface area contributed by atoms with E-state index in [2.05, 4.69) is 5.32 Å². The van der Waals surface area contributed by atoms with Gasteiger partial charge in [0.2, 0.25) is 11.8 Å². The summed E-state index contributed by atoms with van der Waals surface area (Å²) in [6.07, 6.45) is 3.00. The van der Waals surface area contributed by atoms with Crippen molar-refractivity contribution >= 4 is 11.8 Å². The van der Waals surface area contributed by atoms with Crippen LogP contribution in [0.15, 0.2) is 0 Å². The highest BCUT2D eigenvalue weighted by Crippen LogP contribution is 2.13. The number of hydrogen-bond acceptors (Lipinski definition) is 3. The highest BCUT2D eigenvalue weighted by atomic mass is 16.2. The average molecular weight is 225 g/mol. The van der Waals surface area contributed by atoms with E-state index in [9.17, 15) is 9.59 Å². The second kappa shape index (κ2) is 4.82. The molecule has 0 bridgehead atoms. The first kappa shape index (κ1) is 11.4. The van der Waals surface area contributed by atoms with E-state index in [1.165, 1.54) is 0 Å². The lowest BCUT2D eigenvalue weighted by atomic mass is 10.3. The molecular weight excluding hydrogens is 206 g/mol. The first-order chi connectivity index (χ1) is 7.72. The van der Waals surface area contributed by atoms with Crippen LogP contribution in [0.4, 0.5) is 0 Å². The average Bonchev–Trinajstić information content (AvgIpc) is 2.89. The third kappa shape index (κ3) is 2.19. The molecule has 1 atom stereocenters. The highest BCUT2D eigenvalue weighted by molar-refractivity contribution is 5.89. The van der Waals surface area contributed by atoms with Crippen LogP contribution in [-0.4, -0.2) is 60.9 Å². The number of nitrogens with one attached hydrogen (secondary N) is 1. The Morgan fingerprint density at radius 1 is 1.38 bits per heavy atom. The van der Waals surface area contributed by atoms with E-state index in [0.717, 1.165) is 32.4 Å². The normalized spacial score (nSPS) is 25.6. The van der Waals surface area contributed by atoms with Crippen molar-refractivity contribution in [2.24, 2.45) is 0 Å². The van der Waals surface area contributed by atoms with Gasteiger partial charge in [-0.15, -0.1) is 0 Å². The van der Waals surface area contributed by atoms with E-state index in [0.29, 0.717) is 6.54 Å². The van der Waals surface area contributed by atoms with E-state index in [1.54, 1.807) is 11.9 Å². The molecule has 2 fully saturated rings. The largest absolute Gasteiger partial charge is 0.341 e. The molecule has 0 aliphatic carbocycles. The Bertz CT molecular complexity index is 287. The van der Waals surface area contributed by atoms with Gasteiger partial charge in [-0.05, 0) is 26.3 Å². The molecule has 0 aromatic heterocycles. The van der Waals surface area contributed by atoms with Gasteiger partial charge in [0.1, 0.15) is 0 Å². The van der Waals surface area contributed by atoms with Gasteiger partial charge in [0.05, 0.1) is 12.6 Å². The minimum atomic E-state index is -0.0913. The van der Waals surface area contributed by atoms with Crippen LogP contribution in [-0.2, 0) is 9.59 Å². The monoisotopic (exact) mass is 225 g/mol. The standard InChI is InChI=1S/C11H19N3O2/c1-12-9-4-7-14(11(9)16)8-10(15)13-5-2-3-6-13/h9,12H,2-8H2,1H3. The van der Waals surface area contributed by atoms with Crippen molar-refractivity contribution in [2.45, 2.75) is 25.3 Å². The van der Waals surface area contributed by atoms with Crippen LogP contribution in [0.3, 0.4) is 0 Å². The number of carbonyl (C=O) groups is 2. The number of hydrogen-bond donors (Lipinski definition) is 1. The third-order valence-electron chi connectivity index (χ3n) is 3.43. The summed E-state index contributed by atoms with van der Waals surface area (Å²) >= 11 is 0. The lowest BCUT2D eigenvalue weighted by Gasteiger charge is -2.21. The maximum Gasteiger partial charge on any atom is 0.242 e. The number of rotatable bonds is 3. The van der Waals surface area contributed by atoms with Gasteiger partial charge in [-0.25, -0.2) is 0 Å². The zero-order valence-corrected chi connectivity index (χ0v) is 9.74. The van der Waals surface area contributed by atoms with Gasteiger partial charge in [0.15, 0.2) is 0 Å². The number of likely N-dealkylation sites (N-methyl/N-ethyl adjacent to an activating group) is 1. The van der Waals surface area contributed by atoms with Crippen molar-refractivity contribution in [1.29, 1.82) is 0 Å². The van der Waals surface area contributed by atoms with Crippen molar-refractivity contribution in [3.8, 4) is 0 Å². The van der Waals surface area contributed by atoms with E-state index >= 15 is 0 Å². The predicted molar refractivity (Wildman–Crippen MR) is 59.9 cm³/mol. The Morgan fingerprint density at radius 3 is 2.62 bits per heavy atom. The molecule has 90 valence electrons. The molecule has 0 spiro atoms. The predicted octanol–water partition coefficient (Wildman–Crippen LogP) is -0.571. The third-order valence-corrected chi connectivity index (χ3v) is 3.43. The maximum absolute atomic E-state index is 11.9. The van der Waals surface area contributed by atoms with Crippen molar-refractivity contribution < 1.29 is 9.59 Å². The molecule has 1 unspecified atom stereocenters. The molecule has 2 heterocycles. The molecule has 16 heavy (non-hydrogen) atoms. The first-order valence-corrected chi connectivity index (χ1v) is 5.96. The van der Waals surface area contributed by atoms with E-state index in [4.69, 9.17) is 0 Å². The van der Waals surface area contributed by atoms with Crippen LogP contribution < -0.4 is 5.32 Å². The van der Waals surface area contributed by atoms with E-state index < -0.39 is 0 Å². The lowest BCUT2D eigenvalue weighted by Crippen LogP contribution is -2.42. The number of nitrogens with zero attached hydrogens (tertiary/aromatic N) is 2. The van der Waals surface area contributed by atoms with Gasteiger partial charge in [0, 0.05) is 19.6 Å². The Morgan fingerprint density at radius 2 is 2.06 bits per heavy atom. The number of carbonyl (C=O) groups excluding carboxylic acids is 2. The minimum absolute atomic E-state index is 0.0649. The zero-order valence-electron chi connectivity index (χ0n) is 9.74. The van der Waals surface area contributed by atoms with Crippen LogP contribution in [0.2, 0.25) is 0 Å². The van der Waals surface area contributed by atoms with E-state index in [-0.39, 0.29) is 24.4 Å². The SMILES string of the molecule is CNC1CCN(CC(=O)N2CCCC2)C1=O. The summed E-state index contributed by atoms with van der Waals surface area (Å²) in [7, 11) is 1.79.